The van der Waals surface area contributed by atoms with E-state index in [1.54, 1.807) is 43.1 Å². The first-order chi connectivity index (χ1) is 7.86. The van der Waals surface area contributed by atoms with Crippen molar-refractivity contribution in [2.24, 2.45) is 5.73 Å². The molecule has 1 amide bonds. The Kier molecular flexibility index (Phi) is 4.12. The van der Waals surface area contributed by atoms with Gasteiger partial charge in [0.05, 0.1) is 5.54 Å². The van der Waals surface area contributed by atoms with Crippen LogP contribution in [0.4, 0.5) is 0 Å². The summed E-state index contributed by atoms with van der Waals surface area (Å²) in [7, 11) is 1.73. The minimum absolute atomic E-state index is 0.0759. The quantitative estimate of drug-likeness (QED) is 0.832. The Morgan fingerprint density at radius 3 is 2.41 bits per heavy atom. The smallest absolute Gasteiger partial charge is 0.242 e. The first kappa shape index (κ1) is 13.5. The van der Waals surface area contributed by atoms with Crippen molar-refractivity contribution in [3.05, 3.63) is 29.8 Å². The largest absolute Gasteiger partial charge is 0.508 e. The maximum atomic E-state index is 12.0. The van der Waals surface area contributed by atoms with Crippen LogP contribution in [-0.2, 0) is 11.3 Å². The zero-order valence-electron chi connectivity index (χ0n) is 10.6. The Morgan fingerprint density at radius 2 is 1.94 bits per heavy atom. The number of likely N-dealkylation sites (N-methyl/N-ethyl adjacent to an activating group) is 1. The van der Waals surface area contributed by atoms with Crippen molar-refractivity contribution >= 4 is 5.91 Å². The molecule has 4 heteroatoms. The maximum absolute atomic E-state index is 12.0. The van der Waals surface area contributed by atoms with E-state index < -0.39 is 5.54 Å². The van der Waals surface area contributed by atoms with Crippen molar-refractivity contribution in [2.45, 2.75) is 32.4 Å². The van der Waals surface area contributed by atoms with E-state index in [1.165, 1.54) is 0 Å². The van der Waals surface area contributed by atoms with Gasteiger partial charge in [0.1, 0.15) is 5.75 Å². The predicted molar refractivity (Wildman–Crippen MR) is 67.5 cm³/mol. The third-order valence-corrected chi connectivity index (χ3v) is 2.93. The SMILES string of the molecule is CCC(C)(N)C(=O)N(C)Cc1ccc(O)cc1. The molecular weight excluding hydrogens is 216 g/mol. The summed E-state index contributed by atoms with van der Waals surface area (Å²) < 4.78 is 0. The predicted octanol–water partition coefficient (Wildman–Crippen LogP) is 1.48. The molecule has 0 saturated carbocycles. The topological polar surface area (TPSA) is 66.6 Å². The van der Waals surface area contributed by atoms with E-state index in [1.807, 2.05) is 6.92 Å². The van der Waals surface area contributed by atoms with E-state index in [9.17, 15) is 4.79 Å². The third kappa shape index (κ3) is 3.46. The molecule has 0 aliphatic carbocycles. The molecule has 4 nitrogen and oxygen atoms in total. The van der Waals surface area contributed by atoms with Crippen LogP contribution in [0.3, 0.4) is 0 Å². The van der Waals surface area contributed by atoms with Gasteiger partial charge in [0.2, 0.25) is 5.91 Å². The minimum Gasteiger partial charge on any atom is -0.508 e. The molecule has 1 unspecified atom stereocenters. The molecule has 0 saturated heterocycles. The monoisotopic (exact) mass is 236 g/mol. The number of aromatic hydroxyl groups is 1. The Hall–Kier alpha value is -1.55. The molecule has 0 fully saturated rings. The molecular formula is C13H20N2O2. The fraction of sp³-hybridized carbons (Fsp3) is 0.462. The summed E-state index contributed by atoms with van der Waals surface area (Å²) >= 11 is 0. The van der Waals surface area contributed by atoms with Crippen LogP contribution in [0.15, 0.2) is 24.3 Å². The van der Waals surface area contributed by atoms with E-state index >= 15 is 0 Å². The molecule has 94 valence electrons. The van der Waals surface area contributed by atoms with Crippen molar-refractivity contribution < 1.29 is 9.90 Å². The van der Waals surface area contributed by atoms with Crippen LogP contribution in [0.2, 0.25) is 0 Å². The Labute approximate surface area is 102 Å². The molecule has 3 N–H and O–H groups in total. The number of nitrogens with two attached hydrogens (primary N) is 1. The average molecular weight is 236 g/mol. The lowest BCUT2D eigenvalue weighted by atomic mass is 9.98. The van der Waals surface area contributed by atoms with Crippen molar-refractivity contribution in [1.82, 2.24) is 4.90 Å². The van der Waals surface area contributed by atoms with Crippen LogP contribution >= 0.6 is 0 Å². The maximum Gasteiger partial charge on any atom is 0.242 e. The highest BCUT2D eigenvalue weighted by Crippen LogP contribution is 2.14. The van der Waals surface area contributed by atoms with Gasteiger partial charge in [0.15, 0.2) is 0 Å². The highest BCUT2D eigenvalue weighted by Gasteiger charge is 2.28. The zero-order chi connectivity index (χ0) is 13.1. The van der Waals surface area contributed by atoms with E-state index in [0.29, 0.717) is 13.0 Å². The van der Waals surface area contributed by atoms with Gasteiger partial charge in [-0.1, -0.05) is 19.1 Å². The number of hydrogen-bond donors (Lipinski definition) is 2. The van der Waals surface area contributed by atoms with Crippen molar-refractivity contribution in [2.75, 3.05) is 7.05 Å². The first-order valence-electron chi connectivity index (χ1n) is 5.69. The fourth-order valence-corrected chi connectivity index (χ4v) is 1.53. The Bertz CT molecular complexity index is 385. The molecule has 0 spiro atoms. The van der Waals surface area contributed by atoms with Gasteiger partial charge in [-0.2, -0.15) is 0 Å². The third-order valence-electron chi connectivity index (χ3n) is 2.93. The fourth-order valence-electron chi connectivity index (χ4n) is 1.53. The van der Waals surface area contributed by atoms with Crippen LogP contribution in [-0.4, -0.2) is 28.5 Å². The first-order valence-corrected chi connectivity index (χ1v) is 5.69. The number of rotatable bonds is 4. The van der Waals surface area contributed by atoms with E-state index in [2.05, 4.69) is 0 Å². The number of carbonyl (C=O) groups excluding carboxylic acids is 1. The van der Waals surface area contributed by atoms with Gasteiger partial charge in [-0.25, -0.2) is 0 Å². The molecule has 0 aliphatic heterocycles. The summed E-state index contributed by atoms with van der Waals surface area (Å²) in [6.45, 7) is 4.13. The number of phenols is 1. The van der Waals surface area contributed by atoms with Gasteiger partial charge >= 0.3 is 0 Å². The molecule has 0 radical (unpaired) electrons. The molecule has 0 aromatic heterocycles. The molecule has 1 rings (SSSR count). The van der Waals surface area contributed by atoms with Crippen LogP contribution in [0.5, 0.6) is 5.75 Å². The number of phenolic OH excluding ortho intramolecular Hbond substituents is 1. The van der Waals surface area contributed by atoms with Crippen LogP contribution in [0.25, 0.3) is 0 Å². The molecule has 0 aliphatic rings. The second-order valence-corrected chi connectivity index (χ2v) is 4.60. The standard InChI is InChI=1S/C13H20N2O2/c1-4-13(2,14)12(17)15(3)9-10-5-7-11(16)8-6-10/h5-8,16H,4,9,14H2,1-3H3. The normalized spacial score (nSPS) is 14.1. The van der Waals surface area contributed by atoms with Crippen LogP contribution in [0, 0.1) is 0 Å². The average Bonchev–Trinajstić information content (AvgIpc) is 2.31. The van der Waals surface area contributed by atoms with Gasteiger partial charge in [-0.05, 0) is 31.0 Å². The van der Waals surface area contributed by atoms with Crippen molar-refractivity contribution in [3.8, 4) is 5.75 Å². The molecule has 1 atom stereocenters. The minimum atomic E-state index is -0.814. The van der Waals surface area contributed by atoms with E-state index in [-0.39, 0.29) is 11.7 Å². The van der Waals surface area contributed by atoms with Gasteiger partial charge in [-0.3, -0.25) is 4.79 Å². The second kappa shape index (κ2) is 5.19. The van der Waals surface area contributed by atoms with E-state index in [4.69, 9.17) is 10.8 Å². The molecule has 1 aromatic rings. The number of nitrogens with zero attached hydrogens (tertiary/aromatic N) is 1. The van der Waals surface area contributed by atoms with Crippen LogP contribution < -0.4 is 5.73 Å². The number of amides is 1. The second-order valence-electron chi connectivity index (χ2n) is 4.60. The molecule has 17 heavy (non-hydrogen) atoms. The van der Waals surface area contributed by atoms with Crippen molar-refractivity contribution in [1.29, 1.82) is 0 Å². The van der Waals surface area contributed by atoms with Gasteiger partial charge in [0, 0.05) is 13.6 Å². The van der Waals surface area contributed by atoms with Crippen LogP contribution in [0.1, 0.15) is 25.8 Å². The van der Waals surface area contributed by atoms with Gasteiger partial charge < -0.3 is 15.7 Å². The summed E-state index contributed by atoms with van der Waals surface area (Å²) in [6, 6.07) is 6.79. The summed E-state index contributed by atoms with van der Waals surface area (Å²) in [6.07, 6.45) is 0.603. The zero-order valence-corrected chi connectivity index (χ0v) is 10.6. The van der Waals surface area contributed by atoms with Gasteiger partial charge in [-0.15, -0.1) is 0 Å². The van der Waals surface area contributed by atoms with E-state index in [0.717, 1.165) is 5.56 Å². The highest BCUT2D eigenvalue weighted by atomic mass is 16.3. The number of carbonyl (C=O) groups is 1. The summed E-state index contributed by atoms with van der Waals surface area (Å²) in [5.74, 6) is 0.146. The number of hydrogen-bond acceptors (Lipinski definition) is 3. The lowest BCUT2D eigenvalue weighted by molar-refractivity contribution is -0.135. The Balaban J connectivity index is 2.69. The van der Waals surface area contributed by atoms with Gasteiger partial charge in [0.25, 0.3) is 0 Å². The highest BCUT2D eigenvalue weighted by molar-refractivity contribution is 5.85. The molecule has 0 heterocycles. The summed E-state index contributed by atoms with van der Waals surface area (Å²) in [4.78, 5) is 13.6. The summed E-state index contributed by atoms with van der Waals surface area (Å²) in [5.41, 5.74) is 6.06. The van der Waals surface area contributed by atoms with Crippen molar-refractivity contribution in [3.63, 3.8) is 0 Å². The Morgan fingerprint density at radius 1 is 1.41 bits per heavy atom. The lowest BCUT2D eigenvalue weighted by Gasteiger charge is -2.28. The number of benzene rings is 1. The molecule has 1 aromatic carbocycles. The lowest BCUT2D eigenvalue weighted by Crippen LogP contribution is -2.51. The summed E-state index contributed by atoms with van der Waals surface area (Å²) in [5, 5.41) is 9.17. The molecule has 0 bridgehead atoms.